The highest BCUT2D eigenvalue weighted by atomic mass is 35.5. The van der Waals surface area contributed by atoms with Crippen LogP contribution in [0, 0.1) is 0 Å². The van der Waals surface area contributed by atoms with Gasteiger partial charge >= 0.3 is 0 Å². The van der Waals surface area contributed by atoms with Crippen LogP contribution in [0.1, 0.15) is 5.56 Å². The normalized spacial score (nSPS) is 17.1. The molecular weight excluding hydrogens is 299 g/mol. The van der Waals surface area contributed by atoms with Crippen molar-refractivity contribution in [2.24, 2.45) is 0 Å². The molecule has 1 heterocycles. The Labute approximate surface area is 126 Å². The van der Waals surface area contributed by atoms with E-state index in [1.807, 2.05) is 30.3 Å². The van der Waals surface area contributed by atoms with Gasteiger partial charge in [-0.2, -0.15) is 0 Å². The predicted octanol–water partition coefficient (Wildman–Crippen LogP) is 5.09. The van der Waals surface area contributed by atoms with Crippen LogP contribution in [0.2, 0.25) is 10.0 Å². The van der Waals surface area contributed by atoms with Crippen molar-refractivity contribution in [1.29, 1.82) is 0 Å². The first-order valence-electron chi connectivity index (χ1n) is 6.05. The minimum absolute atomic E-state index is 0.163. The molecule has 0 saturated heterocycles. The van der Waals surface area contributed by atoms with Crippen LogP contribution in [0.25, 0.3) is 0 Å². The average molecular weight is 311 g/mol. The second-order valence-electron chi connectivity index (χ2n) is 4.42. The van der Waals surface area contributed by atoms with Crippen molar-refractivity contribution in [2.45, 2.75) is 17.4 Å². The lowest BCUT2D eigenvalue weighted by molar-refractivity contribution is 0.259. The highest BCUT2D eigenvalue weighted by Crippen LogP contribution is 2.41. The molecule has 98 valence electrons. The number of thioether (sulfide) groups is 1. The van der Waals surface area contributed by atoms with Gasteiger partial charge in [0, 0.05) is 17.1 Å². The van der Waals surface area contributed by atoms with Gasteiger partial charge in [-0.1, -0.05) is 47.5 Å². The third kappa shape index (κ3) is 2.86. The molecule has 0 N–H and O–H groups in total. The predicted molar refractivity (Wildman–Crippen MR) is 81.7 cm³/mol. The molecule has 0 aliphatic carbocycles. The Morgan fingerprint density at radius 2 is 1.89 bits per heavy atom. The Kier molecular flexibility index (Phi) is 3.92. The van der Waals surface area contributed by atoms with Crippen LogP contribution in [-0.4, -0.2) is 11.9 Å². The van der Waals surface area contributed by atoms with E-state index >= 15 is 0 Å². The lowest BCUT2D eigenvalue weighted by atomic mass is 10.1. The van der Waals surface area contributed by atoms with Gasteiger partial charge < -0.3 is 4.74 Å². The molecule has 0 bridgehead atoms. The van der Waals surface area contributed by atoms with E-state index in [2.05, 4.69) is 12.1 Å². The zero-order valence-corrected chi connectivity index (χ0v) is 12.4. The largest absolute Gasteiger partial charge is 0.487 e. The maximum absolute atomic E-state index is 6.16. The smallest absolute Gasteiger partial charge is 0.143 e. The summed E-state index contributed by atoms with van der Waals surface area (Å²) in [5, 5.41) is 1.09. The van der Waals surface area contributed by atoms with Gasteiger partial charge in [-0.3, -0.25) is 0 Å². The Morgan fingerprint density at radius 1 is 1.11 bits per heavy atom. The highest BCUT2D eigenvalue weighted by Gasteiger charge is 2.26. The van der Waals surface area contributed by atoms with E-state index in [0.29, 0.717) is 10.0 Å². The van der Waals surface area contributed by atoms with Gasteiger partial charge in [0.05, 0.1) is 5.02 Å². The average Bonchev–Trinajstić information content (AvgIpc) is 2.86. The Hall–Kier alpha value is -0.830. The molecule has 0 spiro atoms. The number of halogens is 2. The first-order valence-corrected chi connectivity index (χ1v) is 7.79. The molecule has 1 aliphatic rings. The summed E-state index contributed by atoms with van der Waals surface area (Å²) in [5.74, 6) is 1.67. The number of rotatable bonds is 3. The summed E-state index contributed by atoms with van der Waals surface area (Å²) >= 11 is 14.0. The maximum Gasteiger partial charge on any atom is 0.143 e. The summed E-state index contributed by atoms with van der Waals surface area (Å²) in [4.78, 5) is 1.26. The summed E-state index contributed by atoms with van der Waals surface area (Å²) in [6.07, 6.45) is 1.06. The van der Waals surface area contributed by atoms with Crippen LogP contribution in [0.4, 0.5) is 0 Å². The molecule has 1 nitrogen and oxygen atoms in total. The van der Waals surface area contributed by atoms with Crippen molar-refractivity contribution in [3.8, 4) is 5.75 Å². The van der Waals surface area contributed by atoms with E-state index in [9.17, 15) is 0 Å². The molecule has 0 amide bonds. The molecule has 1 atom stereocenters. The minimum atomic E-state index is 0.163. The molecule has 2 aromatic rings. The van der Waals surface area contributed by atoms with Crippen molar-refractivity contribution in [3.63, 3.8) is 0 Å². The number of ether oxygens (including phenoxy) is 1. The Morgan fingerprint density at radius 3 is 2.68 bits per heavy atom. The molecule has 1 aliphatic heterocycles. The van der Waals surface area contributed by atoms with Crippen molar-refractivity contribution in [1.82, 2.24) is 0 Å². The molecule has 0 fully saturated rings. The monoisotopic (exact) mass is 310 g/mol. The van der Waals surface area contributed by atoms with Crippen molar-refractivity contribution >= 4 is 35.0 Å². The second-order valence-corrected chi connectivity index (χ2v) is 6.30. The zero-order valence-electron chi connectivity index (χ0n) is 10.1. The number of hydrogen-bond acceptors (Lipinski definition) is 2. The zero-order chi connectivity index (χ0) is 13.2. The van der Waals surface area contributed by atoms with Crippen molar-refractivity contribution in [2.75, 3.05) is 5.75 Å². The third-order valence-corrected chi connectivity index (χ3v) is 4.97. The second kappa shape index (κ2) is 5.66. The minimum Gasteiger partial charge on any atom is -0.487 e. The molecule has 0 saturated carbocycles. The fourth-order valence-electron chi connectivity index (χ4n) is 2.11. The summed E-state index contributed by atoms with van der Waals surface area (Å²) in [6.45, 7) is 0. The fraction of sp³-hybridized carbons (Fsp3) is 0.200. The first kappa shape index (κ1) is 13.2. The topological polar surface area (TPSA) is 9.23 Å². The molecule has 3 rings (SSSR count). The SMILES string of the molecule is Clc1ccc2c(c1Cl)OC(CSc1ccccc1)C2. The van der Waals surface area contributed by atoms with Gasteiger partial charge in [0.25, 0.3) is 0 Å². The van der Waals surface area contributed by atoms with Crippen LogP contribution in [0.5, 0.6) is 5.75 Å². The van der Waals surface area contributed by atoms with Gasteiger partial charge in [0.15, 0.2) is 0 Å². The molecular formula is C15H12Cl2OS. The highest BCUT2D eigenvalue weighted by molar-refractivity contribution is 7.99. The number of fused-ring (bicyclic) bond motifs is 1. The van der Waals surface area contributed by atoms with Crippen LogP contribution in [0.15, 0.2) is 47.4 Å². The van der Waals surface area contributed by atoms with E-state index in [4.69, 9.17) is 27.9 Å². The molecule has 2 aromatic carbocycles. The Balaban J connectivity index is 1.66. The van der Waals surface area contributed by atoms with Crippen LogP contribution < -0.4 is 4.74 Å². The quantitative estimate of drug-likeness (QED) is 0.730. The summed E-state index contributed by atoms with van der Waals surface area (Å²) in [5.41, 5.74) is 1.15. The molecule has 0 radical (unpaired) electrons. The lowest BCUT2D eigenvalue weighted by Gasteiger charge is -2.10. The van der Waals surface area contributed by atoms with Crippen LogP contribution in [-0.2, 0) is 6.42 Å². The van der Waals surface area contributed by atoms with Gasteiger partial charge in [-0.25, -0.2) is 0 Å². The number of benzene rings is 2. The summed E-state index contributed by atoms with van der Waals surface area (Å²) in [7, 11) is 0. The lowest BCUT2D eigenvalue weighted by Crippen LogP contribution is -2.15. The fourth-order valence-corrected chi connectivity index (χ4v) is 3.40. The third-order valence-electron chi connectivity index (χ3n) is 3.04. The van der Waals surface area contributed by atoms with Crippen LogP contribution in [0.3, 0.4) is 0 Å². The van der Waals surface area contributed by atoms with E-state index < -0.39 is 0 Å². The van der Waals surface area contributed by atoms with Gasteiger partial charge in [0.1, 0.15) is 16.9 Å². The first-order chi connectivity index (χ1) is 9.24. The van der Waals surface area contributed by atoms with E-state index in [-0.39, 0.29) is 6.10 Å². The van der Waals surface area contributed by atoms with Crippen molar-refractivity contribution < 1.29 is 4.74 Å². The molecule has 4 heteroatoms. The van der Waals surface area contributed by atoms with E-state index in [1.54, 1.807) is 11.8 Å². The molecule has 0 aromatic heterocycles. The summed E-state index contributed by atoms with van der Waals surface area (Å²) < 4.78 is 5.90. The van der Waals surface area contributed by atoms with Gasteiger partial charge in [-0.15, -0.1) is 11.8 Å². The molecule has 19 heavy (non-hydrogen) atoms. The van der Waals surface area contributed by atoms with Crippen molar-refractivity contribution in [3.05, 3.63) is 58.1 Å². The maximum atomic E-state index is 6.16. The number of hydrogen-bond donors (Lipinski definition) is 0. The van der Waals surface area contributed by atoms with Crippen LogP contribution >= 0.6 is 35.0 Å². The molecule has 1 unspecified atom stereocenters. The van der Waals surface area contributed by atoms with Gasteiger partial charge in [0.2, 0.25) is 0 Å². The van der Waals surface area contributed by atoms with E-state index in [0.717, 1.165) is 23.5 Å². The standard InChI is InChI=1S/C15H12Cl2OS/c16-13-7-6-10-8-11(18-15(10)14(13)17)9-19-12-4-2-1-3-5-12/h1-7,11H,8-9H2. The van der Waals surface area contributed by atoms with E-state index in [1.165, 1.54) is 4.90 Å². The summed E-state index contributed by atoms with van der Waals surface area (Å²) in [6, 6.07) is 14.2. The van der Waals surface area contributed by atoms with Gasteiger partial charge in [-0.05, 0) is 23.8 Å². The Bertz CT molecular complexity index is 586.